The van der Waals surface area contributed by atoms with Gasteiger partial charge in [0.2, 0.25) is 0 Å². The van der Waals surface area contributed by atoms with E-state index >= 15 is 0 Å². The summed E-state index contributed by atoms with van der Waals surface area (Å²) >= 11 is 0. The quantitative estimate of drug-likeness (QED) is 0.762. The second kappa shape index (κ2) is 4.23. The molecule has 0 unspecified atom stereocenters. The third-order valence-electron chi connectivity index (χ3n) is 4.47. The lowest BCUT2D eigenvalue weighted by Gasteiger charge is -2.45. The molecular formula is C15H18O3. The van der Waals surface area contributed by atoms with E-state index in [4.69, 9.17) is 5.11 Å². The molecule has 1 N–H and O–H groups in total. The zero-order valence-corrected chi connectivity index (χ0v) is 10.6. The molecule has 0 bridgehead atoms. The standard InChI is InChI=1S/C15H18O3/c1-9(14(17)18)11-4-6-15(3)7-5-13(16)10(2)12(15)8-11/h5,7,11-12H,1-2,4,6,8H2,3H3,(H,17,18)/t11-,12+,15+/m1/s1. The minimum atomic E-state index is -0.938. The zero-order valence-electron chi connectivity index (χ0n) is 10.6. The molecule has 0 radical (unpaired) electrons. The van der Waals surface area contributed by atoms with Crippen molar-refractivity contribution in [3.63, 3.8) is 0 Å². The third kappa shape index (κ3) is 1.94. The van der Waals surface area contributed by atoms with Crippen LogP contribution in [0.15, 0.2) is 36.5 Å². The van der Waals surface area contributed by atoms with Crippen LogP contribution < -0.4 is 0 Å². The first-order valence-corrected chi connectivity index (χ1v) is 6.19. The van der Waals surface area contributed by atoms with Crippen LogP contribution in [0, 0.1) is 17.3 Å². The lowest BCUT2D eigenvalue weighted by molar-refractivity contribution is -0.133. The van der Waals surface area contributed by atoms with Crippen molar-refractivity contribution in [3.8, 4) is 0 Å². The monoisotopic (exact) mass is 246 g/mol. The maximum atomic E-state index is 11.7. The summed E-state index contributed by atoms with van der Waals surface area (Å²) in [6.45, 7) is 9.65. The molecule has 0 aliphatic heterocycles. The highest BCUT2D eigenvalue weighted by atomic mass is 16.4. The predicted molar refractivity (Wildman–Crippen MR) is 69.0 cm³/mol. The lowest BCUT2D eigenvalue weighted by atomic mass is 9.58. The van der Waals surface area contributed by atoms with E-state index in [1.54, 1.807) is 6.08 Å². The van der Waals surface area contributed by atoms with Gasteiger partial charge in [0.15, 0.2) is 5.78 Å². The molecule has 2 aliphatic rings. The van der Waals surface area contributed by atoms with Crippen molar-refractivity contribution < 1.29 is 14.7 Å². The van der Waals surface area contributed by atoms with Gasteiger partial charge in [-0.15, -0.1) is 0 Å². The van der Waals surface area contributed by atoms with Gasteiger partial charge in [-0.1, -0.05) is 26.2 Å². The Balaban J connectivity index is 2.25. The minimum Gasteiger partial charge on any atom is -0.478 e. The van der Waals surface area contributed by atoms with Crippen LogP contribution in [0.2, 0.25) is 0 Å². The fraction of sp³-hybridized carbons (Fsp3) is 0.467. The lowest BCUT2D eigenvalue weighted by Crippen LogP contribution is -2.39. The van der Waals surface area contributed by atoms with Crippen LogP contribution in [-0.4, -0.2) is 16.9 Å². The second-order valence-corrected chi connectivity index (χ2v) is 5.58. The number of hydrogen-bond acceptors (Lipinski definition) is 2. The molecule has 1 saturated carbocycles. The van der Waals surface area contributed by atoms with Gasteiger partial charge in [-0.25, -0.2) is 4.79 Å². The Bertz CT molecular complexity index is 472. The van der Waals surface area contributed by atoms with Gasteiger partial charge < -0.3 is 5.11 Å². The van der Waals surface area contributed by atoms with E-state index in [2.05, 4.69) is 20.1 Å². The summed E-state index contributed by atoms with van der Waals surface area (Å²) in [5.41, 5.74) is 0.815. The van der Waals surface area contributed by atoms with Gasteiger partial charge in [-0.2, -0.15) is 0 Å². The van der Waals surface area contributed by atoms with Crippen molar-refractivity contribution in [3.05, 3.63) is 36.5 Å². The Morgan fingerprint density at radius 1 is 1.56 bits per heavy atom. The first kappa shape index (κ1) is 12.8. The molecule has 2 rings (SSSR count). The molecule has 0 saturated heterocycles. The van der Waals surface area contributed by atoms with Gasteiger partial charge in [0, 0.05) is 5.57 Å². The van der Waals surface area contributed by atoms with Crippen molar-refractivity contribution in [2.75, 3.05) is 0 Å². The predicted octanol–water partition coefficient (Wildman–Crippen LogP) is 2.74. The van der Waals surface area contributed by atoms with Gasteiger partial charge in [-0.05, 0) is 48.2 Å². The highest BCUT2D eigenvalue weighted by Gasteiger charge is 2.44. The van der Waals surface area contributed by atoms with Crippen molar-refractivity contribution in [2.45, 2.75) is 26.2 Å². The molecule has 0 aromatic heterocycles. The molecule has 0 amide bonds. The minimum absolute atomic E-state index is 0.0286. The number of hydrogen-bond donors (Lipinski definition) is 1. The van der Waals surface area contributed by atoms with E-state index < -0.39 is 5.97 Å². The van der Waals surface area contributed by atoms with E-state index in [1.165, 1.54) is 0 Å². The van der Waals surface area contributed by atoms with E-state index in [0.29, 0.717) is 12.0 Å². The highest BCUT2D eigenvalue weighted by Crippen LogP contribution is 2.50. The van der Waals surface area contributed by atoms with Gasteiger partial charge in [0.1, 0.15) is 0 Å². The topological polar surface area (TPSA) is 54.4 Å². The Labute approximate surface area is 107 Å². The van der Waals surface area contributed by atoms with Crippen molar-refractivity contribution in [1.29, 1.82) is 0 Å². The Morgan fingerprint density at radius 2 is 2.22 bits per heavy atom. The molecule has 3 heteroatoms. The summed E-state index contributed by atoms with van der Waals surface area (Å²) in [7, 11) is 0. The average molecular weight is 246 g/mol. The zero-order chi connectivity index (χ0) is 13.5. The van der Waals surface area contributed by atoms with Crippen LogP contribution in [-0.2, 0) is 9.59 Å². The largest absolute Gasteiger partial charge is 0.478 e. The molecule has 18 heavy (non-hydrogen) atoms. The number of carboxylic acid groups (broad SMARTS) is 1. The van der Waals surface area contributed by atoms with Crippen LogP contribution in [0.1, 0.15) is 26.2 Å². The summed E-state index contributed by atoms with van der Waals surface area (Å²) in [5, 5.41) is 9.01. The summed E-state index contributed by atoms with van der Waals surface area (Å²) < 4.78 is 0. The van der Waals surface area contributed by atoms with Gasteiger partial charge in [0.05, 0.1) is 0 Å². The second-order valence-electron chi connectivity index (χ2n) is 5.58. The van der Waals surface area contributed by atoms with Crippen molar-refractivity contribution in [2.24, 2.45) is 17.3 Å². The van der Waals surface area contributed by atoms with Crippen LogP contribution in [0.5, 0.6) is 0 Å². The fourth-order valence-corrected chi connectivity index (χ4v) is 3.11. The molecule has 0 heterocycles. The SMILES string of the molecule is C=C(C(=O)O)[C@@H]1CC[C@@]2(C)C=CC(=O)C(=C)[C@@H]2C1. The number of ketones is 1. The Kier molecular flexibility index (Phi) is 3.01. The van der Waals surface area contributed by atoms with Crippen molar-refractivity contribution >= 4 is 11.8 Å². The average Bonchev–Trinajstić information content (AvgIpc) is 2.33. The maximum absolute atomic E-state index is 11.7. The number of allylic oxidation sites excluding steroid dienone is 3. The highest BCUT2D eigenvalue weighted by molar-refractivity contribution is 6.05. The first-order valence-electron chi connectivity index (χ1n) is 6.19. The van der Waals surface area contributed by atoms with Gasteiger partial charge >= 0.3 is 5.97 Å². The Morgan fingerprint density at radius 3 is 2.83 bits per heavy atom. The van der Waals surface area contributed by atoms with E-state index in [0.717, 1.165) is 12.8 Å². The summed E-state index contributed by atoms with van der Waals surface area (Å²) in [4.78, 5) is 22.7. The van der Waals surface area contributed by atoms with Crippen LogP contribution in [0.25, 0.3) is 0 Å². The maximum Gasteiger partial charge on any atom is 0.331 e. The number of carboxylic acids is 1. The first-order chi connectivity index (χ1) is 8.35. The molecule has 3 atom stereocenters. The summed E-state index contributed by atoms with van der Waals surface area (Å²) in [6, 6.07) is 0. The molecule has 2 aliphatic carbocycles. The number of fused-ring (bicyclic) bond motifs is 1. The van der Waals surface area contributed by atoms with E-state index in [9.17, 15) is 9.59 Å². The molecule has 0 aromatic rings. The number of rotatable bonds is 2. The third-order valence-corrected chi connectivity index (χ3v) is 4.47. The van der Waals surface area contributed by atoms with E-state index in [1.807, 2.05) is 6.08 Å². The van der Waals surface area contributed by atoms with E-state index in [-0.39, 0.29) is 28.6 Å². The van der Waals surface area contributed by atoms with Crippen LogP contribution >= 0.6 is 0 Å². The van der Waals surface area contributed by atoms with Crippen LogP contribution in [0.4, 0.5) is 0 Å². The van der Waals surface area contributed by atoms with Crippen LogP contribution in [0.3, 0.4) is 0 Å². The number of carbonyl (C=O) groups excluding carboxylic acids is 1. The molecule has 3 nitrogen and oxygen atoms in total. The Hall–Kier alpha value is -1.64. The molecule has 1 fully saturated rings. The fourth-order valence-electron chi connectivity index (χ4n) is 3.11. The number of carbonyl (C=O) groups is 2. The molecule has 0 spiro atoms. The summed E-state index contributed by atoms with van der Waals surface area (Å²) in [6.07, 6.45) is 5.91. The molecule has 0 aromatic carbocycles. The smallest absolute Gasteiger partial charge is 0.331 e. The van der Waals surface area contributed by atoms with Crippen molar-refractivity contribution in [1.82, 2.24) is 0 Å². The molecule has 96 valence electrons. The van der Waals surface area contributed by atoms with Gasteiger partial charge in [-0.3, -0.25) is 4.79 Å². The normalized spacial score (nSPS) is 35.2. The number of aliphatic carboxylic acids is 1. The molecular weight excluding hydrogens is 228 g/mol. The summed E-state index contributed by atoms with van der Waals surface area (Å²) in [5.74, 6) is -0.965. The van der Waals surface area contributed by atoms with Gasteiger partial charge in [0.25, 0.3) is 0 Å².